The molecule has 0 radical (unpaired) electrons. The summed E-state index contributed by atoms with van der Waals surface area (Å²) in [6.07, 6.45) is 23.8. The van der Waals surface area contributed by atoms with Gasteiger partial charge in [-0.15, -0.1) is 6.42 Å². The third-order valence-corrected chi connectivity index (χ3v) is 9.98. The van der Waals surface area contributed by atoms with Gasteiger partial charge in [0.2, 0.25) is 0 Å². The van der Waals surface area contributed by atoms with E-state index in [4.69, 9.17) is 6.42 Å². The summed E-state index contributed by atoms with van der Waals surface area (Å²) >= 11 is 0. The first-order chi connectivity index (χ1) is 13.3. The molecule has 0 atom stereocenters. The number of rotatable bonds is 0. The Balaban J connectivity index is 1.58. The minimum Gasteiger partial charge on any atom is -0.119 e. The summed E-state index contributed by atoms with van der Waals surface area (Å²) in [5.74, 6) is 8.88. The number of hydrogen-bond donors (Lipinski definition) is 0. The van der Waals surface area contributed by atoms with Gasteiger partial charge in [0, 0.05) is 0 Å². The van der Waals surface area contributed by atoms with E-state index >= 15 is 0 Å². The van der Waals surface area contributed by atoms with E-state index in [9.17, 15) is 0 Å². The number of terminal acetylenes is 1. The smallest absolute Gasteiger partial charge is 0.0636 e. The Morgan fingerprint density at radius 2 is 0.741 bits per heavy atom. The van der Waals surface area contributed by atoms with Gasteiger partial charge in [-0.25, -0.2) is 0 Å². The second-order valence-corrected chi connectivity index (χ2v) is 10.8. The minimum absolute atomic E-state index is 0.376. The molecule has 3 saturated carbocycles. The molecule has 0 N–H and O–H groups in total. The molecule has 10 aliphatic carbocycles. The summed E-state index contributed by atoms with van der Waals surface area (Å²) < 4.78 is 0. The third kappa shape index (κ3) is 1.88. The Hall–Kier alpha value is -1.22. The number of hydrogen-bond acceptors (Lipinski definition) is 0. The highest BCUT2D eigenvalue weighted by Gasteiger charge is 2.51. The first kappa shape index (κ1) is 15.7. The molecule has 140 valence electrons. The van der Waals surface area contributed by atoms with E-state index in [2.05, 4.69) is 5.92 Å². The van der Waals surface area contributed by atoms with Crippen molar-refractivity contribution in [3.8, 4) is 12.3 Å². The van der Waals surface area contributed by atoms with Crippen molar-refractivity contribution in [3.63, 3.8) is 0 Å². The van der Waals surface area contributed by atoms with Gasteiger partial charge in [-0.05, 0) is 146 Å². The molecule has 0 spiro atoms. The van der Waals surface area contributed by atoms with E-state index in [1.54, 1.807) is 11.1 Å². The topological polar surface area (TPSA) is 0 Å². The van der Waals surface area contributed by atoms with Crippen LogP contribution in [-0.4, -0.2) is 0 Å². The highest BCUT2D eigenvalue weighted by molar-refractivity contribution is 5.62. The van der Waals surface area contributed by atoms with Crippen molar-refractivity contribution >= 4 is 0 Å². The fourth-order valence-electron chi connectivity index (χ4n) is 9.02. The lowest BCUT2D eigenvalue weighted by Gasteiger charge is -2.48. The van der Waals surface area contributed by atoms with Crippen molar-refractivity contribution in [3.05, 3.63) is 33.4 Å². The van der Waals surface area contributed by atoms with Crippen molar-refractivity contribution in [2.45, 2.75) is 77.0 Å². The fourth-order valence-corrected chi connectivity index (χ4v) is 9.02. The van der Waals surface area contributed by atoms with Gasteiger partial charge in [-0.2, -0.15) is 0 Å². The van der Waals surface area contributed by atoms with Crippen molar-refractivity contribution in [2.24, 2.45) is 41.4 Å². The monoisotopic (exact) mass is 356 g/mol. The highest BCUT2D eigenvalue weighted by Crippen LogP contribution is 2.64. The molecule has 10 rings (SSSR count). The van der Waals surface area contributed by atoms with Gasteiger partial charge in [0.05, 0.1) is 5.92 Å². The molecule has 10 aliphatic rings. The van der Waals surface area contributed by atoms with Crippen molar-refractivity contribution in [2.75, 3.05) is 0 Å². The van der Waals surface area contributed by atoms with Crippen molar-refractivity contribution in [1.29, 1.82) is 0 Å². The molecular formula is C27H32. The molecule has 0 aromatic rings. The zero-order valence-corrected chi connectivity index (χ0v) is 16.6. The van der Waals surface area contributed by atoms with Crippen LogP contribution in [0.1, 0.15) is 77.0 Å². The summed E-state index contributed by atoms with van der Waals surface area (Å²) in [6.45, 7) is 0. The maximum Gasteiger partial charge on any atom is 0.0636 e. The molecule has 0 heteroatoms. The second kappa shape index (κ2) is 5.43. The SMILES string of the molecule is C#CC1C2=C(C3=C(C4=C1C1CCC4CC1)C1CCC3CC1)C1CCC2CC1. The molecule has 0 aromatic heterocycles. The lowest BCUT2D eigenvalue weighted by Crippen LogP contribution is -2.35. The zero-order valence-electron chi connectivity index (χ0n) is 16.6. The molecule has 0 aliphatic heterocycles. The summed E-state index contributed by atoms with van der Waals surface area (Å²) in [6, 6.07) is 0. The van der Waals surface area contributed by atoms with Gasteiger partial charge in [-0.1, -0.05) is 5.92 Å². The normalized spacial score (nSPS) is 46.9. The van der Waals surface area contributed by atoms with Crippen LogP contribution in [0.2, 0.25) is 0 Å². The molecule has 0 heterocycles. The lowest BCUT2D eigenvalue weighted by atomic mass is 9.56. The van der Waals surface area contributed by atoms with Gasteiger partial charge in [-0.3, -0.25) is 0 Å². The predicted octanol–water partition coefficient (Wildman–Crippen LogP) is 6.60. The average molecular weight is 357 g/mol. The quantitative estimate of drug-likeness (QED) is 0.429. The number of fused-ring (bicyclic) bond motifs is 6. The Bertz CT molecular complexity index is 767. The number of allylic oxidation sites excluding steroid dienone is 6. The maximum absolute atomic E-state index is 6.39. The molecule has 0 unspecified atom stereocenters. The fraction of sp³-hybridized carbons (Fsp3) is 0.704. The molecule has 0 aromatic carbocycles. The molecule has 27 heavy (non-hydrogen) atoms. The largest absolute Gasteiger partial charge is 0.119 e. The van der Waals surface area contributed by atoms with Crippen LogP contribution in [0.3, 0.4) is 0 Å². The van der Waals surface area contributed by atoms with Crippen LogP contribution in [0.5, 0.6) is 0 Å². The summed E-state index contributed by atoms with van der Waals surface area (Å²) in [5, 5.41) is 0. The summed E-state index contributed by atoms with van der Waals surface area (Å²) in [4.78, 5) is 0. The molecule has 6 bridgehead atoms. The Kier molecular flexibility index (Phi) is 3.15. The van der Waals surface area contributed by atoms with Crippen LogP contribution in [0.4, 0.5) is 0 Å². The average Bonchev–Trinajstić information content (AvgIpc) is 2.92. The third-order valence-electron chi connectivity index (χ3n) is 9.98. The van der Waals surface area contributed by atoms with E-state index in [-0.39, 0.29) is 0 Å². The summed E-state index contributed by atoms with van der Waals surface area (Å²) in [5.41, 5.74) is 11.2. The van der Waals surface area contributed by atoms with E-state index < -0.39 is 0 Å². The molecular weight excluding hydrogens is 324 g/mol. The van der Waals surface area contributed by atoms with Crippen LogP contribution in [-0.2, 0) is 0 Å². The van der Waals surface area contributed by atoms with Crippen LogP contribution in [0.15, 0.2) is 33.4 Å². The van der Waals surface area contributed by atoms with Gasteiger partial charge in [0.25, 0.3) is 0 Å². The van der Waals surface area contributed by atoms with Crippen LogP contribution < -0.4 is 0 Å². The maximum atomic E-state index is 6.39. The predicted molar refractivity (Wildman–Crippen MR) is 110 cm³/mol. The Morgan fingerprint density at radius 3 is 1.07 bits per heavy atom. The minimum atomic E-state index is 0.376. The summed E-state index contributed by atoms with van der Waals surface area (Å²) in [7, 11) is 0. The van der Waals surface area contributed by atoms with Crippen LogP contribution in [0, 0.1) is 53.8 Å². The molecule has 3 fully saturated rings. The molecule has 0 amide bonds. The van der Waals surface area contributed by atoms with Gasteiger partial charge in [0.15, 0.2) is 0 Å². The van der Waals surface area contributed by atoms with Crippen LogP contribution >= 0.6 is 0 Å². The standard InChI is InChI=1S/C27H32/c1-2-21-22-15-3-7-17(8-4-15)24(22)26-19-11-13-20(14-12-19)27(26)25-18-9-5-16(6-10-18)23(21)25/h1,15-21H,3-14H2. The van der Waals surface area contributed by atoms with Gasteiger partial charge >= 0.3 is 0 Å². The Labute approximate surface area is 164 Å². The van der Waals surface area contributed by atoms with Crippen molar-refractivity contribution < 1.29 is 0 Å². The van der Waals surface area contributed by atoms with Crippen LogP contribution in [0.25, 0.3) is 0 Å². The van der Waals surface area contributed by atoms with E-state index in [0.717, 1.165) is 35.5 Å². The van der Waals surface area contributed by atoms with E-state index in [0.29, 0.717) is 5.92 Å². The Morgan fingerprint density at radius 1 is 0.444 bits per heavy atom. The van der Waals surface area contributed by atoms with Gasteiger partial charge in [0.1, 0.15) is 0 Å². The highest BCUT2D eigenvalue weighted by atomic mass is 14.6. The molecule has 0 nitrogen and oxygen atoms in total. The lowest BCUT2D eigenvalue weighted by molar-refractivity contribution is 0.260. The van der Waals surface area contributed by atoms with Gasteiger partial charge < -0.3 is 0 Å². The first-order valence-electron chi connectivity index (χ1n) is 12.0. The molecule has 0 saturated heterocycles. The van der Waals surface area contributed by atoms with Crippen molar-refractivity contribution in [1.82, 2.24) is 0 Å². The van der Waals surface area contributed by atoms with E-state index in [1.165, 1.54) is 77.0 Å². The zero-order chi connectivity index (χ0) is 17.7. The first-order valence-corrected chi connectivity index (χ1v) is 12.0. The second-order valence-electron chi connectivity index (χ2n) is 10.8. The van der Waals surface area contributed by atoms with E-state index in [1.807, 2.05) is 22.3 Å².